The van der Waals surface area contributed by atoms with Gasteiger partial charge < -0.3 is 14.0 Å². The number of hydrogen-bond donors (Lipinski definition) is 0. The molecular formula is C16H28BFO3. The van der Waals surface area contributed by atoms with Crippen LogP contribution in [-0.4, -0.2) is 31.5 Å². The van der Waals surface area contributed by atoms with Crippen LogP contribution in [0.15, 0.2) is 11.8 Å². The molecule has 5 heteroatoms. The van der Waals surface area contributed by atoms with Crippen LogP contribution >= 0.6 is 0 Å². The minimum atomic E-state index is -0.894. The number of hydrogen-bond acceptors (Lipinski definition) is 3. The predicted molar refractivity (Wildman–Crippen MR) is 82.6 cm³/mol. The van der Waals surface area contributed by atoms with E-state index in [1.165, 1.54) is 0 Å². The highest BCUT2D eigenvalue weighted by Gasteiger charge is 2.53. The molecule has 0 radical (unpaired) electrons. The second-order valence-electron chi connectivity index (χ2n) is 8.04. The van der Waals surface area contributed by atoms with Crippen molar-refractivity contribution >= 4 is 7.12 Å². The minimum Gasteiger partial charge on any atom is -0.398 e. The maximum atomic E-state index is 14.5. The van der Waals surface area contributed by atoms with Gasteiger partial charge in [0.05, 0.1) is 11.2 Å². The summed E-state index contributed by atoms with van der Waals surface area (Å²) in [5, 5.41) is 0. The van der Waals surface area contributed by atoms with Gasteiger partial charge in [0, 0.05) is 13.2 Å². The number of halogens is 1. The van der Waals surface area contributed by atoms with E-state index >= 15 is 0 Å². The van der Waals surface area contributed by atoms with Crippen LogP contribution in [-0.2, 0) is 14.0 Å². The summed E-state index contributed by atoms with van der Waals surface area (Å²) < 4.78 is 31.4. The lowest BCUT2D eigenvalue weighted by Gasteiger charge is -2.32. The summed E-state index contributed by atoms with van der Waals surface area (Å²) in [6, 6.07) is 0. The van der Waals surface area contributed by atoms with Crippen molar-refractivity contribution in [1.29, 1.82) is 0 Å². The highest BCUT2D eigenvalue weighted by Crippen LogP contribution is 2.40. The van der Waals surface area contributed by atoms with Gasteiger partial charge in [-0.05, 0) is 51.9 Å². The molecule has 21 heavy (non-hydrogen) atoms. The molecule has 0 bridgehead atoms. The van der Waals surface area contributed by atoms with Gasteiger partial charge in [0.1, 0.15) is 5.73 Å². The molecule has 2 aliphatic rings. The fourth-order valence-corrected chi connectivity index (χ4v) is 2.94. The molecular weight excluding hydrogens is 270 g/mol. The molecule has 2 fully saturated rings. The Kier molecular flexibility index (Phi) is 4.59. The molecule has 1 atom stereocenters. The molecule has 0 N–H and O–H groups in total. The van der Waals surface area contributed by atoms with Gasteiger partial charge >= 0.3 is 7.12 Å². The Bertz CT molecular complexity index is 396. The molecule has 0 amide bonds. The lowest BCUT2D eigenvalue weighted by atomic mass is 9.77. The summed E-state index contributed by atoms with van der Waals surface area (Å²) in [7, 11) is -0.894. The lowest BCUT2D eigenvalue weighted by molar-refractivity contribution is 0.00578. The summed E-state index contributed by atoms with van der Waals surface area (Å²) in [5.41, 5.74) is -1.57. The van der Waals surface area contributed by atoms with E-state index in [0.717, 1.165) is 26.1 Å². The summed E-state index contributed by atoms with van der Waals surface area (Å²) in [6.07, 6.45) is 3.64. The minimum absolute atomic E-state index is 0.230. The third-order valence-corrected chi connectivity index (χ3v) is 4.85. The van der Waals surface area contributed by atoms with E-state index in [4.69, 9.17) is 14.0 Å². The summed E-state index contributed by atoms with van der Waals surface area (Å²) in [5.74, 6) is 0.516. The molecule has 0 aliphatic carbocycles. The number of ether oxygens (including phenoxy) is 1. The van der Waals surface area contributed by atoms with E-state index in [0.29, 0.717) is 5.92 Å². The van der Waals surface area contributed by atoms with Crippen LogP contribution in [0.4, 0.5) is 4.39 Å². The Morgan fingerprint density at radius 2 is 1.81 bits per heavy atom. The zero-order valence-electron chi connectivity index (χ0n) is 14.2. The summed E-state index contributed by atoms with van der Waals surface area (Å²) >= 11 is 0. The molecule has 0 aromatic carbocycles. The summed E-state index contributed by atoms with van der Waals surface area (Å²) in [4.78, 5) is 0. The van der Waals surface area contributed by atoms with E-state index in [2.05, 4.69) is 13.8 Å². The standard InChI is InChI=1S/C16H28BFO3/c1-14(2,9-12-7-8-19-11-12)10-13(18)17-20-15(3,4)16(5,6)21-17/h10,12H,7-9,11H2,1-6H3. The van der Waals surface area contributed by atoms with Crippen molar-refractivity contribution in [1.82, 2.24) is 0 Å². The highest BCUT2D eigenvalue weighted by molar-refractivity contribution is 6.53. The molecule has 0 aromatic heterocycles. The molecule has 0 saturated carbocycles. The van der Waals surface area contributed by atoms with Crippen molar-refractivity contribution < 1.29 is 18.4 Å². The van der Waals surface area contributed by atoms with Crippen molar-refractivity contribution in [2.75, 3.05) is 13.2 Å². The Balaban J connectivity index is 2.03. The smallest absolute Gasteiger partial charge is 0.398 e. The maximum Gasteiger partial charge on any atom is 0.524 e. The van der Waals surface area contributed by atoms with E-state index < -0.39 is 18.3 Å². The number of allylic oxidation sites excluding steroid dienone is 1. The van der Waals surface area contributed by atoms with Gasteiger partial charge in [0.25, 0.3) is 0 Å². The summed E-state index contributed by atoms with van der Waals surface area (Å²) in [6.45, 7) is 13.4. The maximum absolute atomic E-state index is 14.5. The third kappa shape index (κ3) is 3.88. The topological polar surface area (TPSA) is 27.7 Å². The van der Waals surface area contributed by atoms with Gasteiger partial charge in [-0.25, -0.2) is 4.39 Å². The molecule has 2 saturated heterocycles. The van der Waals surface area contributed by atoms with Gasteiger partial charge in [0.15, 0.2) is 0 Å². The Morgan fingerprint density at radius 3 is 2.29 bits per heavy atom. The van der Waals surface area contributed by atoms with Gasteiger partial charge in [-0.3, -0.25) is 0 Å². The largest absolute Gasteiger partial charge is 0.524 e. The lowest BCUT2D eigenvalue weighted by Crippen LogP contribution is -2.41. The first-order valence-electron chi connectivity index (χ1n) is 7.84. The first-order valence-corrected chi connectivity index (χ1v) is 7.84. The molecule has 2 heterocycles. The zero-order chi connectivity index (χ0) is 15.9. The molecule has 1 unspecified atom stereocenters. The van der Waals surface area contributed by atoms with Crippen LogP contribution < -0.4 is 0 Å². The monoisotopic (exact) mass is 298 g/mol. The molecule has 0 aromatic rings. The van der Waals surface area contributed by atoms with Gasteiger partial charge in [-0.2, -0.15) is 0 Å². The van der Waals surface area contributed by atoms with Crippen LogP contribution in [0.25, 0.3) is 0 Å². The fourth-order valence-electron chi connectivity index (χ4n) is 2.94. The van der Waals surface area contributed by atoms with Gasteiger partial charge in [-0.1, -0.05) is 19.9 Å². The van der Waals surface area contributed by atoms with E-state index in [-0.39, 0.29) is 11.1 Å². The van der Waals surface area contributed by atoms with Crippen LogP contribution in [0.3, 0.4) is 0 Å². The van der Waals surface area contributed by atoms with Crippen LogP contribution in [0.2, 0.25) is 0 Å². The average molecular weight is 298 g/mol. The normalized spacial score (nSPS) is 29.2. The van der Waals surface area contributed by atoms with Crippen LogP contribution in [0.1, 0.15) is 54.4 Å². The van der Waals surface area contributed by atoms with Crippen molar-refractivity contribution in [3.8, 4) is 0 Å². The molecule has 2 rings (SSSR count). The van der Waals surface area contributed by atoms with Crippen LogP contribution in [0.5, 0.6) is 0 Å². The molecule has 3 nitrogen and oxygen atoms in total. The predicted octanol–water partition coefficient (Wildman–Crippen LogP) is 3.92. The van der Waals surface area contributed by atoms with E-state index in [9.17, 15) is 4.39 Å². The molecule has 2 aliphatic heterocycles. The molecule has 120 valence electrons. The van der Waals surface area contributed by atoms with Gasteiger partial charge in [-0.15, -0.1) is 0 Å². The first kappa shape index (κ1) is 17.0. The SMILES string of the molecule is CC(C)(C=C(F)B1OC(C)(C)C(C)(C)O1)CC1CCOC1. The second-order valence-corrected chi connectivity index (χ2v) is 8.04. The van der Waals surface area contributed by atoms with Gasteiger partial charge in [0.2, 0.25) is 0 Å². The second kappa shape index (κ2) is 5.67. The van der Waals surface area contributed by atoms with Crippen LogP contribution in [0, 0.1) is 11.3 Å². The highest BCUT2D eigenvalue weighted by atomic mass is 19.1. The fraction of sp³-hybridized carbons (Fsp3) is 0.875. The Labute approximate surface area is 128 Å². The van der Waals surface area contributed by atoms with Crippen molar-refractivity contribution in [2.24, 2.45) is 11.3 Å². The number of rotatable bonds is 4. The third-order valence-electron chi connectivity index (χ3n) is 4.85. The Morgan fingerprint density at radius 1 is 1.24 bits per heavy atom. The van der Waals surface area contributed by atoms with E-state index in [1.807, 2.05) is 27.7 Å². The first-order chi connectivity index (χ1) is 9.52. The van der Waals surface area contributed by atoms with Crippen molar-refractivity contribution in [3.05, 3.63) is 11.8 Å². The van der Waals surface area contributed by atoms with Crippen molar-refractivity contribution in [2.45, 2.75) is 65.6 Å². The Hall–Kier alpha value is -0.385. The quantitative estimate of drug-likeness (QED) is 0.736. The van der Waals surface area contributed by atoms with Crippen molar-refractivity contribution in [3.63, 3.8) is 0 Å². The molecule has 0 spiro atoms. The average Bonchev–Trinajstić information content (AvgIpc) is 2.84. The zero-order valence-corrected chi connectivity index (χ0v) is 14.2. The van der Waals surface area contributed by atoms with E-state index in [1.54, 1.807) is 6.08 Å².